The van der Waals surface area contributed by atoms with Crippen molar-refractivity contribution in [2.45, 2.75) is 84.2 Å². The first-order valence-electron chi connectivity index (χ1n) is 7.20. The molecule has 0 aliphatic heterocycles. The Labute approximate surface area is 101 Å². The maximum absolute atomic E-state index is 11.2. The summed E-state index contributed by atoms with van der Waals surface area (Å²) in [6.07, 6.45) is 11.1. The SMILES string of the molecule is CCCCCC1(O)C2(C)CCCC1(C)CC2. The van der Waals surface area contributed by atoms with Crippen molar-refractivity contribution in [2.75, 3.05) is 0 Å². The van der Waals surface area contributed by atoms with Crippen LogP contribution in [0.1, 0.15) is 78.6 Å². The summed E-state index contributed by atoms with van der Waals surface area (Å²) in [5, 5.41) is 11.2. The summed E-state index contributed by atoms with van der Waals surface area (Å²) in [6.45, 7) is 6.91. The van der Waals surface area contributed by atoms with Gasteiger partial charge in [0.15, 0.2) is 0 Å². The van der Waals surface area contributed by atoms with Crippen LogP contribution in [-0.2, 0) is 0 Å². The largest absolute Gasteiger partial charge is 0.389 e. The second kappa shape index (κ2) is 4.01. The summed E-state index contributed by atoms with van der Waals surface area (Å²) in [4.78, 5) is 0. The number of hydrogen-bond acceptors (Lipinski definition) is 1. The quantitative estimate of drug-likeness (QED) is 0.706. The first-order valence-corrected chi connectivity index (χ1v) is 7.20. The lowest BCUT2D eigenvalue weighted by Gasteiger charge is -2.52. The van der Waals surface area contributed by atoms with Crippen molar-refractivity contribution in [1.82, 2.24) is 0 Å². The minimum atomic E-state index is -0.368. The molecule has 16 heavy (non-hydrogen) atoms. The molecule has 1 N–H and O–H groups in total. The van der Waals surface area contributed by atoms with Gasteiger partial charge in [-0.1, -0.05) is 46.5 Å². The van der Waals surface area contributed by atoms with E-state index in [2.05, 4.69) is 20.8 Å². The van der Waals surface area contributed by atoms with E-state index in [1.165, 1.54) is 51.4 Å². The molecule has 0 amide bonds. The molecule has 2 aliphatic carbocycles. The van der Waals surface area contributed by atoms with Gasteiger partial charge in [-0.15, -0.1) is 0 Å². The van der Waals surface area contributed by atoms with Crippen molar-refractivity contribution in [3.63, 3.8) is 0 Å². The molecule has 2 saturated carbocycles. The van der Waals surface area contributed by atoms with E-state index in [1.54, 1.807) is 0 Å². The van der Waals surface area contributed by atoms with Crippen LogP contribution in [0.3, 0.4) is 0 Å². The zero-order chi connectivity index (χ0) is 11.9. The van der Waals surface area contributed by atoms with Crippen LogP contribution in [0.2, 0.25) is 0 Å². The van der Waals surface area contributed by atoms with Gasteiger partial charge in [-0.05, 0) is 42.9 Å². The van der Waals surface area contributed by atoms with Crippen molar-refractivity contribution < 1.29 is 5.11 Å². The predicted octanol–water partition coefficient (Wildman–Crippen LogP) is 4.29. The number of aliphatic hydroxyl groups is 1. The Morgan fingerprint density at radius 3 is 2.00 bits per heavy atom. The van der Waals surface area contributed by atoms with Gasteiger partial charge < -0.3 is 5.11 Å². The third-order valence-corrected chi connectivity index (χ3v) is 5.82. The molecule has 0 radical (unpaired) electrons. The third kappa shape index (κ3) is 1.54. The summed E-state index contributed by atoms with van der Waals surface area (Å²) in [6, 6.07) is 0. The average Bonchev–Trinajstić information content (AvgIpc) is 2.39. The molecule has 0 saturated heterocycles. The highest BCUT2D eigenvalue weighted by Gasteiger charge is 2.63. The summed E-state index contributed by atoms with van der Waals surface area (Å²) >= 11 is 0. The lowest BCUT2D eigenvalue weighted by atomic mass is 9.57. The van der Waals surface area contributed by atoms with Crippen molar-refractivity contribution >= 4 is 0 Å². The molecule has 1 heteroatoms. The number of fused-ring (bicyclic) bond motifs is 2. The lowest BCUT2D eigenvalue weighted by molar-refractivity contribution is -0.155. The van der Waals surface area contributed by atoms with E-state index in [1.807, 2.05) is 0 Å². The summed E-state index contributed by atoms with van der Waals surface area (Å²) < 4.78 is 0. The Balaban J connectivity index is 2.16. The first kappa shape index (κ1) is 12.4. The fourth-order valence-electron chi connectivity index (χ4n) is 4.46. The Kier molecular flexibility index (Phi) is 3.11. The minimum absolute atomic E-state index is 0.216. The summed E-state index contributed by atoms with van der Waals surface area (Å²) in [5.74, 6) is 0. The van der Waals surface area contributed by atoms with Crippen molar-refractivity contribution in [2.24, 2.45) is 10.8 Å². The third-order valence-electron chi connectivity index (χ3n) is 5.82. The first-order chi connectivity index (χ1) is 7.47. The second-order valence-corrected chi connectivity index (χ2v) is 6.79. The smallest absolute Gasteiger partial charge is 0.0754 e. The molecular formula is C15H28O. The molecule has 2 bridgehead atoms. The van der Waals surface area contributed by atoms with Crippen LogP contribution in [0.5, 0.6) is 0 Å². The van der Waals surface area contributed by atoms with E-state index >= 15 is 0 Å². The Hall–Kier alpha value is -0.0400. The van der Waals surface area contributed by atoms with E-state index in [-0.39, 0.29) is 16.4 Å². The van der Waals surface area contributed by atoms with Gasteiger partial charge >= 0.3 is 0 Å². The zero-order valence-electron chi connectivity index (χ0n) is 11.3. The molecule has 2 unspecified atom stereocenters. The highest BCUT2D eigenvalue weighted by molar-refractivity contribution is 5.14. The molecule has 0 aromatic heterocycles. The van der Waals surface area contributed by atoms with E-state index in [0.29, 0.717) is 0 Å². The van der Waals surface area contributed by atoms with Crippen LogP contribution in [-0.4, -0.2) is 10.7 Å². The molecule has 1 nitrogen and oxygen atoms in total. The molecule has 2 aliphatic rings. The maximum Gasteiger partial charge on any atom is 0.0754 e. The number of rotatable bonds is 4. The molecule has 2 atom stereocenters. The monoisotopic (exact) mass is 224 g/mol. The van der Waals surface area contributed by atoms with Crippen LogP contribution in [0.25, 0.3) is 0 Å². The van der Waals surface area contributed by atoms with Crippen molar-refractivity contribution in [3.05, 3.63) is 0 Å². The molecule has 0 heterocycles. The van der Waals surface area contributed by atoms with Crippen LogP contribution in [0.15, 0.2) is 0 Å². The van der Waals surface area contributed by atoms with Crippen LogP contribution in [0, 0.1) is 10.8 Å². The fraction of sp³-hybridized carbons (Fsp3) is 1.00. The van der Waals surface area contributed by atoms with Crippen LogP contribution in [0.4, 0.5) is 0 Å². The number of hydrogen-bond donors (Lipinski definition) is 1. The lowest BCUT2D eigenvalue weighted by Crippen LogP contribution is -2.54. The summed E-state index contributed by atoms with van der Waals surface area (Å²) in [7, 11) is 0. The van der Waals surface area contributed by atoms with Crippen LogP contribution >= 0.6 is 0 Å². The van der Waals surface area contributed by atoms with Crippen LogP contribution < -0.4 is 0 Å². The van der Waals surface area contributed by atoms with E-state index < -0.39 is 0 Å². The average molecular weight is 224 g/mol. The molecular weight excluding hydrogens is 196 g/mol. The number of unbranched alkanes of at least 4 members (excludes halogenated alkanes) is 2. The predicted molar refractivity (Wildman–Crippen MR) is 68.4 cm³/mol. The normalized spacial score (nSPS) is 47.2. The van der Waals surface area contributed by atoms with Gasteiger partial charge in [0.2, 0.25) is 0 Å². The summed E-state index contributed by atoms with van der Waals surface area (Å²) in [5.41, 5.74) is 0.0644. The Morgan fingerprint density at radius 2 is 1.50 bits per heavy atom. The Bertz CT molecular complexity index is 242. The van der Waals surface area contributed by atoms with E-state index in [4.69, 9.17) is 0 Å². The Morgan fingerprint density at radius 1 is 0.938 bits per heavy atom. The van der Waals surface area contributed by atoms with Crippen molar-refractivity contribution in [1.29, 1.82) is 0 Å². The van der Waals surface area contributed by atoms with Gasteiger partial charge in [0, 0.05) is 0 Å². The van der Waals surface area contributed by atoms with E-state index in [9.17, 15) is 5.11 Å². The van der Waals surface area contributed by atoms with Gasteiger partial charge in [-0.3, -0.25) is 0 Å². The second-order valence-electron chi connectivity index (χ2n) is 6.79. The van der Waals surface area contributed by atoms with Crippen molar-refractivity contribution in [3.8, 4) is 0 Å². The van der Waals surface area contributed by atoms with Gasteiger partial charge in [0.1, 0.15) is 0 Å². The maximum atomic E-state index is 11.2. The fourth-order valence-corrected chi connectivity index (χ4v) is 4.46. The molecule has 0 aromatic carbocycles. The molecule has 2 fully saturated rings. The highest BCUT2D eigenvalue weighted by Crippen LogP contribution is 2.65. The zero-order valence-corrected chi connectivity index (χ0v) is 11.3. The molecule has 0 aromatic rings. The van der Waals surface area contributed by atoms with Gasteiger partial charge in [-0.25, -0.2) is 0 Å². The van der Waals surface area contributed by atoms with Gasteiger partial charge in [0.05, 0.1) is 5.60 Å². The van der Waals surface area contributed by atoms with E-state index in [0.717, 1.165) is 6.42 Å². The molecule has 94 valence electrons. The van der Waals surface area contributed by atoms with Gasteiger partial charge in [0.25, 0.3) is 0 Å². The molecule has 2 rings (SSSR count). The van der Waals surface area contributed by atoms with Gasteiger partial charge in [-0.2, -0.15) is 0 Å². The highest BCUT2D eigenvalue weighted by atomic mass is 16.3. The topological polar surface area (TPSA) is 20.2 Å². The minimum Gasteiger partial charge on any atom is -0.389 e. The molecule has 0 spiro atoms. The standard InChI is InChI=1S/C15H28O/c1-4-5-6-10-15(16)13(2)8-7-9-14(15,3)12-11-13/h16H,4-12H2,1-3H3.